The van der Waals surface area contributed by atoms with Gasteiger partial charge < -0.3 is 5.32 Å². The number of hydrogen-bond acceptors (Lipinski definition) is 4. The van der Waals surface area contributed by atoms with Gasteiger partial charge >= 0.3 is 0 Å². The maximum atomic E-state index is 12.1. The first kappa shape index (κ1) is 15.0. The lowest BCUT2D eigenvalue weighted by atomic mass is 10.2. The molecule has 0 bridgehead atoms. The summed E-state index contributed by atoms with van der Waals surface area (Å²) < 4.78 is 2.96. The first-order valence-electron chi connectivity index (χ1n) is 7.78. The molecule has 3 aromatic rings. The highest BCUT2D eigenvalue weighted by atomic mass is 32.1. The van der Waals surface area contributed by atoms with Crippen molar-refractivity contribution < 1.29 is 4.79 Å². The summed E-state index contributed by atoms with van der Waals surface area (Å²) in [5.74, 6) is 0.711. The zero-order chi connectivity index (χ0) is 15.5. The average Bonchev–Trinajstić information content (AvgIpc) is 3.05. The molecular weight excluding hydrogens is 296 g/mol. The van der Waals surface area contributed by atoms with E-state index in [9.17, 15) is 4.79 Å². The zero-order valence-corrected chi connectivity index (χ0v) is 13.7. The van der Waals surface area contributed by atoms with E-state index in [0.29, 0.717) is 12.2 Å². The second-order valence-electron chi connectivity index (χ2n) is 5.31. The fourth-order valence-corrected chi connectivity index (χ4v) is 3.68. The average molecular weight is 316 g/mol. The van der Waals surface area contributed by atoms with Gasteiger partial charge in [0.15, 0.2) is 5.82 Å². The summed E-state index contributed by atoms with van der Waals surface area (Å²) in [6.45, 7) is 4.96. The number of carbonyl (C=O) groups excluding carboxylic acids is 1. The lowest BCUT2D eigenvalue weighted by Gasteiger charge is -2.01. The first-order chi connectivity index (χ1) is 10.7. The van der Waals surface area contributed by atoms with Crippen LogP contribution in [0.4, 0.5) is 5.82 Å². The number of carbonyl (C=O) groups is 1. The Kier molecular flexibility index (Phi) is 4.38. The van der Waals surface area contributed by atoms with Crippen molar-refractivity contribution in [2.24, 2.45) is 0 Å². The zero-order valence-electron chi connectivity index (χ0n) is 12.9. The summed E-state index contributed by atoms with van der Waals surface area (Å²) in [4.78, 5) is 17.5. The Morgan fingerprint density at radius 1 is 1.36 bits per heavy atom. The highest BCUT2D eigenvalue weighted by Gasteiger charge is 2.18. The van der Waals surface area contributed by atoms with Gasteiger partial charge in [-0.3, -0.25) is 9.48 Å². The first-order valence-corrected chi connectivity index (χ1v) is 8.60. The number of amides is 1. The number of pyridine rings is 1. The Labute approximate surface area is 133 Å². The van der Waals surface area contributed by atoms with Gasteiger partial charge in [-0.15, -0.1) is 11.3 Å². The molecule has 0 aromatic carbocycles. The molecule has 0 atom stereocenters. The van der Waals surface area contributed by atoms with Crippen LogP contribution in [0.1, 0.15) is 39.5 Å². The molecule has 0 aliphatic carbocycles. The maximum absolute atomic E-state index is 12.1. The Balaban J connectivity index is 1.94. The minimum atomic E-state index is 0.0431. The Morgan fingerprint density at radius 3 is 3.00 bits per heavy atom. The molecule has 0 saturated heterocycles. The normalized spacial score (nSPS) is 11.4. The Morgan fingerprint density at radius 2 is 2.23 bits per heavy atom. The van der Waals surface area contributed by atoms with E-state index in [4.69, 9.17) is 0 Å². The number of nitrogens with one attached hydrogen (secondary N) is 1. The van der Waals surface area contributed by atoms with Crippen LogP contribution in [0.25, 0.3) is 20.4 Å². The number of fused-ring (bicyclic) bond motifs is 3. The second-order valence-corrected chi connectivity index (χ2v) is 6.30. The monoisotopic (exact) mass is 316 g/mol. The van der Waals surface area contributed by atoms with Crippen molar-refractivity contribution in [2.45, 2.75) is 46.1 Å². The summed E-state index contributed by atoms with van der Waals surface area (Å²) >= 11 is 1.59. The molecule has 3 aromatic heterocycles. The Bertz CT molecular complexity index is 805. The number of aromatic nitrogens is 3. The van der Waals surface area contributed by atoms with Crippen LogP contribution in [0.2, 0.25) is 0 Å². The van der Waals surface area contributed by atoms with Crippen LogP contribution in [0.15, 0.2) is 18.3 Å². The van der Waals surface area contributed by atoms with Crippen LogP contribution in [-0.2, 0) is 11.3 Å². The molecular formula is C16H20N4OS. The molecule has 5 nitrogen and oxygen atoms in total. The van der Waals surface area contributed by atoms with E-state index in [1.807, 2.05) is 10.7 Å². The van der Waals surface area contributed by atoms with E-state index in [-0.39, 0.29) is 5.91 Å². The number of thiophene rings is 1. The predicted octanol–water partition coefficient (Wildman–Crippen LogP) is 4.18. The van der Waals surface area contributed by atoms with Gasteiger partial charge in [0.25, 0.3) is 0 Å². The van der Waals surface area contributed by atoms with Gasteiger partial charge in [0.05, 0.1) is 10.2 Å². The molecule has 0 saturated carbocycles. The third-order valence-corrected chi connectivity index (χ3v) is 4.81. The predicted molar refractivity (Wildman–Crippen MR) is 91.4 cm³/mol. The van der Waals surface area contributed by atoms with Crippen molar-refractivity contribution in [3.05, 3.63) is 18.3 Å². The summed E-state index contributed by atoms with van der Waals surface area (Å²) in [7, 11) is 0. The van der Waals surface area contributed by atoms with Crippen LogP contribution in [0, 0.1) is 0 Å². The van der Waals surface area contributed by atoms with Crippen LogP contribution < -0.4 is 5.32 Å². The van der Waals surface area contributed by atoms with E-state index in [2.05, 4.69) is 35.3 Å². The third kappa shape index (κ3) is 2.70. The van der Waals surface area contributed by atoms with Crippen LogP contribution >= 0.6 is 11.3 Å². The Hall–Kier alpha value is -1.95. The van der Waals surface area contributed by atoms with Gasteiger partial charge in [-0.25, -0.2) is 4.98 Å². The molecule has 22 heavy (non-hydrogen) atoms. The molecule has 1 amide bonds. The number of aryl methyl sites for hydroxylation is 1. The van der Waals surface area contributed by atoms with E-state index < -0.39 is 0 Å². The number of nitrogens with zero attached hydrogens (tertiary/aromatic N) is 3. The van der Waals surface area contributed by atoms with Crippen LogP contribution in [-0.4, -0.2) is 20.7 Å². The highest BCUT2D eigenvalue weighted by Crippen LogP contribution is 2.37. The van der Waals surface area contributed by atoms with Crippen LogP contribution in [0.5, 0.6) is 0 Å². The van der Waals surface area contributed by atoms with Gasteiger partial charge in [-0.2, -0.15) is 5.10 Å². The van der Waals surface area contributed by atoms with Gasteiger partial charge in [0.2, 0.25) is 5.91 Å². The second kappa shape index (κ2) is 6.44. The molecule has 116 valence electrons. The largest absolute Gasteiger partial charge is 0.308 e. The number of anilines is 1. The van der Waals surface area contributed by atoms with E-state index >= 15 is 0 Å². The molecule has 0 radical (unpaired) electrons. The van der Waals surface area contributed by atoms with Gasteiger partial charge in [0.1, 0.15) is 4.83 Å². The molecule has 3 heterocycles. The van der Waals surface area contributed by atoms with Crippen molar-refractivity contribution >= 4 is 43.5 Å². The molecule has 0 aliphatic rings. The maximum Gasteiger partial charge on any atom is 0.225 e. The lowest BCUT2D eigenvalue weighted by molar-refractivity contribution is -0.116. The summed E-state index contributed by atoms with van der Waals surface area (Å²) in [6, 6.07) is 3.99. The number of rotatable bonds is 6. The third-order valence-electron chi connectivity index (χ3n) is 3.70. The van der Waals surface area contributed by atoms with Gasteiger partial charge in [-0.1, -0.05) is 19.8 Å². The van der Waals surface area contributed by atoms with Crippen molar-refractivity contribution in [3.63, 3.8) is 0 Å². The minimum absolute atomic E-state index is 0.0431. The van der Waals surface area contributed by atoms with E-state index in [0.717, 1.165) is 46.2 Å². The van der Waals surface area contributed by atoms with Gasteiger partial charge in [0, 0.05) is 24.5 Å². The van der Waals surface area contributed by atoms with Crippen LogP contribution in [0.3, 0.4) is 0 Å². The number of unbranched alkanes of at least 4 members (excludes halogenated alkanes) is 2. The lowest BCUT2D eigenvalue weighted by Crippen LogP contribution is -2.12. The van der Waals surface area contributed by atoms with Gasteiger partial charge in [-0.05, 0) is 25.5 Å². The highest BCUT2D eigenvalue weighted by molar-refractivity contribution is 7.26. The quantitative estimate of drug-likeness (QED) is 0.694. The molecule has 0 fully saturated rings. The van der Waals surface area contributed by atoms with E-state index in [1.165, 1.54) is 0 Å². The van der Waals surface area contributed by atoms with Crippen molar-refractivity contribution in [3.8, 4) is 0 Å². The van der Waals surface area contributed by atoms with Crippen molar-refractivity contribution in [1.82, 2.24) is 14.8 Å². The standard InChI is InChI=1S/C16H20N4OS/c1-3-5-6-9-12(21)18-15-14-13(20(4-2)19-15)11-8-7-10-17-16(11)22-14/h7-8,10H,3-6,9H2,1-2H3,(H,18,19,21). The summed E-state index contributed by atoms with van der Waals surface area (Å²) in [6.07, 6.45) is 5.47. The molecule has 0 spiro atoms. The molecule has 0 unspecified atom stereocenters. The molecule has 6 heteroatoms. The van der Waals surface area contributed by atoms with Crippen molar-refractivity contribution in [2.75, 3.05) is 5.32 Å². The van der Waals surface area contributed by atoms with E-state index in [1.54, 1.807) is 17.5 Å². The number of hydrogen-bond donors (Lipinski definition) is 1. The minimum Gasteiger partial charge on any atom is -0.308 e. The fourth-order valence-electron chi connectivity index (χ4n) is 2.59. The molecule has 1 N–H and O–H groups in total. The molecule has 0 aliphatic heterocycles. The summed E-state index contributed by atoms with van der Waals surface area (Å²) in [5.41, 5.74) is 1.07. The topological polar surface area (TPSA) is 59.8 Å². The summed E-state index contributed by atoms with van der Waals surface area (Å²) in [5, 5.41) is 8.63. The fraction of sp³-hybridized carbons (Fsp3) is 0.438. The molecule has 3 rings (SSSR count). The smallest absolute Gasteiger partial charge is 0.225 e. The van der Waals surface area contributed by atoms with Crippen molar-refractivity contribution in [1.29, 1.82) is 0 Å². The SMILES string of the molecule is CCCCCC(=O)Nc1nn(CC)c2c1sc1ncccc12.